The van der Waals surface area contributed by atoms with Gasteiger partial charge in [0.1, 0.15) is 5.82 Å². The topological polar surface area (TPSA) is 58.4 Å². The van der Waals surface area contributed by atoms with Crippen LogP contribution < -0.4 is 0 Å². The molecule has 24 heavy (non-hydrogen) atoms. The molecule has 5 nitrogen and oxygen atoms in total. The second-order valence-corrected chi connectivity index (χ2v) is 6.64. The molecule has 1 aromatic heterocycles. The van der Waals surface area contributed by atoms with Crippen molar-refractivity contribution in [3.8, 4) is 0 Å². The first kappa shape index (κ1) is 16.6. The summed E-state index contributed by atoms with van der Waals surface area (Å²) in [6.07, 6.45) is 1.77. The molecule has 6 heteroatoms. The standard InChI is InChI=1S/C18H22FN3O2/c1-11-4-5-13(6-17(11)19)8-22-9-15(16(10-22)18(23)24)14-7-20-21(3)12(14)2/h4-7,15-16H,8-10H2,1-3H3,(H,23,24)/t15-,16+/m1/s1. The van der Waals surface area contributed by atoms with E-state index in [1.165, 1.54) is 6.07 Å². The van der Waals surface area contributed by atoms with E-state index in [1.807, 2.05) is 20.0 Å². The number of hydrogen-bond donors (Lipinski definition) is 1. The van der Waals surface area contributed by atoms with E-state index in [4.69, 9.17) is 0 Å². The van der Waals surface area contributed by atoms with Crippen LogP contribution in [0.1, 0.15) is 28.3 Å². The summed E-state index contributed by atoms with van der Waals surface area (Å²) in [7, 11) is 1.86. The fourth-order valence-corrected chi connectivity index (χ4v) is 3.45. The van der Waals surface area contributed by atoms with Crippen LogP contribution in [0.4, 0.5) is 4.39 Å². The molecule has 0 spiro atoms. The number of halogens is 1. The number of rotatable bonds is 4. The van der Waals surface area contributed by atoms with Crippen molar-refractivity contribution in [1.82, 2.24) is 14.7 Å². The predicted octanol–water partition coefficient (Wildman–Crippen LogP) is 2.48. The molecule has 2 atom stereocenters. The van der Waals surface area contributed by atoms with Gasteiger partial charge in [0.15, 0.2) is 0 Å². The Hall–Kier alpha value is -2.21. The summed E-state index contributed by atoms with van der Waals surface area (Å²) in [6.45, 7) is 5.34. The van der Waals surface area contributed by atoms with Crippen LogP contribution in [0.5, 0.6) is 0 Å². The minimum absolute atomic E-state index is 0.0912. The number of carboxylic acid groups (broad SMARTS) is 1. The number of benzene rings is 1. The summed E-state index contributed by atoms with van der Waals surface area (Å²) in [6, 6.07) is 5.20. The molecule has 0 bridgehead atoms. The van der Waals surface area contributed by atoms with Gasteiger partial charge in [-0.15, -0.1) is 0 Å². The van der Waals surface area contributed by atoms with Crippen molar-refractivity contribution < 1.29 is 14.3 Å². The zero-order valence-electron chi connectivity index (χ0n) is 14.2. The lowest BCUT2D eigenvalue weighted by atomic mass is 9.89. The Labute approximate surface area is 140 Å². The van der Waals surface area contributed by atoms with E-state index in [-0.39, 0.29) is 11.7 Å². The molecule has 128 valence electrons. The Morgan fingerprint density at radius 3 is 2.71 bits per heavy atom. The molecular weight excluding hydrogens is 309 g/mol. The molecule has 1 saturated heterocycles. The van der Waals surface area contributed by atoms with E-state index in [1.54, 1.807) is 23.9 Å². The van der Waals surface area contributed by atoms with Crippen molar-refractivity contribution in [3.05, 3.63) is 52.6 Å². The number of likely N-dealkylation sites (tertiary alicyclic amines) is 1. The summed E-state index contributed by atoms with van der Waals surface area (Å²) in [5, 5.41) is 13.8. The van der Waals surface area contributed by atoms with Gasteiger partial charge in [-0.25, -0.2) is 4.39 Å². The van der Waals surface area contributed by atoms with Gasteiger partial charge < -0.3 is 5.11 Å². The quantitative estimate of drug-likeness (QED) is 0.935. The summed E-state index contributed by atoms with van der Waals surface area (Å²) in [4.78, 5) is 13.8. The number of aliphatic carboxylic acids is 1. The van der Waals surface area contributed by atoms with E-state index < -0.39 is 11.9 Å². The first-order valence-electron chi connectivity index (χ1n) is 8.05. The third kappa shape index (κ3) is 3.06. The first-order chi connectivity index (χ1) is 11.4. The molecule has 1 N–H and O–H groups in total. The lowest BCUT2D eigenvalue weighted by molar-refractivity contribution is -0.141. The maximum absolute atomic E-state index is 13.7. The molecule has 0 unspecified atom stereocenters. The molecule has 0 aliphatic carbocycles. The van der Waals surface area contributed by atoms with Crippen molar-refractivity contribution in [1.29, 1.82) is 0 Å². The fourth-order valence-electron chi connectivity index (χ4n) is 3.45. The monoisotopic (exact) mass is 331 g/mol. The van der Waals surface area contributed by atoms with Crippen LogP contribution in [0.2, 0.25) is 0 Å². The highest BCUT2D eigenvalue weighted by Gasteiger charge is 2.39. The van der Waals surface area contributed by atoms with Gasteiger partial charge in [-0.2, -0.15) is 5.10 Å². The van der Waals surface area contributed by atoms with Crippen LogP contribution in [-0.2, 0) is 18.4 Å². The first-order valence-corrected chi connectivity index (χ1v) is 8.05. The lowest BCUT2D eigenvalue weighted by Crippen LogP contribution is -2.23. The summed E-state index contributed by atoms with van der Waals surface area (Å²) in [5.74, 6) is -1.57. The largest absolute Gasteiger partial charge is 0.481 e. The highest BCUT2D eigenvalue weighted by Crippen LogP contribution is 2.35. The fraction of sp³-hybridized carbons (Fsp3) is 0.444. The zero-order chi connectivity index (χ0) is 17.4. The third-order valence-corrected chi connectivity index (χ3v) is 5.03. The lowest BCUT2D eigenvalue weighted by Gasteiger charge is -2.16. The Kier molecular flexibility index (Phi) is 4.41. The van der Waals surface area contributed by atoms with E-state index in [0.29, 0.717) is 25.2 Å². The van der Waals surface area contributed by atoms with Crippen molar-refractivity contribution in [3.63, 3.8) is 0 Å². The number of carbonyl (C=O) groups is 1. The molecule has 2 aromatic rings. The molecule has 0 radical (unpaired) electrons. The molecule has 3 rings (SSSR count). The Bertz CT molecular complexity index is 772. The molecule has 2 heterocycles. The van der Waals surface area contributed by atoms with Crippen LogP contribution in [0.15, 0.2) is 24.4 Å². The van der Waals surface area contributed by atoms with Crippen LogP contribution in [-0.4, -0.2) is 38.8 Å². The normalized spacial score (nSPS) is 21.3. The van der Waals surface area contributed by atoms with Gasteiger partial charge in [0, 0.05) is 38.3 Å². The number of carboxylic acids is 1. The highest BCUT2D eigenvalue weighted by molar-refractivity contribution is 5.72. The third-order valence-electron chi connectivity index (χ3n) is 5.03. The second-order valence-electron chi connectivity index (χ2n) is 6.64. The van der Waals surface area contributed by atoms with Gasteiger partial charge in [-0.1, -0.05) is 12.1 Å². The zero-order valence-corrected chi connectivity index (χ0v) is 14.2. The number of nitrogens with zero attached hydrogens (tertiary/aromatic N) is 3. The second kappa shape index (κ2) is 6.36. The van der Waals surface area contributed by atoms with Crippen LogP contribution in [0, 0.1) is 25.6 Å². The van der Waals surface area contributed by atoms with E-state index in [0.717, 1.165) is 16.8 Å². The summed E-state index contributed by atoms with van der Waals surface area (Å²) >= 11 is 0. The van der Waals surface area contributed by atoms with Gasteiger partial charge in [-0.3, -0.25) is 14.4 Å². The van der Waals surface area contributed by atoms with Crippen LogP contribution in [0.3, 0.4) is 0 Å². The molecule has 1 aliphatic rings. The number of aryl methyl sites for hydroxylation is 2. The summed E-state index contributed by atoms with van der Waals surface area (Å²) in [5.41, 5.74) is 3.47. The number of hydrogen-bond acceptors (Lipinski definition) is 3. The Balaban J connectivity index is 1.81. The van der Waals surface area contributed by atoms with E-state index >= 15 is 0 Å². The predicted molar refractivity (Wildman–Crippen MR) is 88.2 cm³/mol. The minimum Gasteiger partial charge on any atom is -0.481 e. The van der Waals surface area contributed by atoms with Crippen LogP contribution >= 0.6 is 0 Å². The van der Waals surface area contributed by atoms with Crippen molar-refractivity contribution in [2.75, 3.05) is 13.1 Å². The molecule has 0 saturated carbocycles. The Morgan fingerprint density at radius 2 is 2.12 bits per heavy atom. The molecule has 1 fully saturated rings. The van der Waals surface area contributed by atoms with Gasteiger partial charge in [-0.05, 0) is 36.6 Å². The molecule has 1 aromatic carbocycles. The van der Waals surface area contributed by atoms with Crippen molar-refractivity contribution in [2.24, 2.45) is 13.0 Å². The summed E-state index contributed by atoms with van der Waals surface area (Å²) < 4.78 is 15.5. The molecular formula is C18H22FN3O2. The van der Waals surface area contributed by atoms with Gasteiger partial charge in [0.25, 0.3) is 0 Å². The van der Waals surface area contributed by atoms with Gasteiger partial charge >= 0.3 is 5.97 Å². The average Bonchev–Trinajstić information content (AvgIpc) is 3.08. The smallest absolute Gasteiger partial charge is 0.308 e. The number of aromatic nitrogens is 2. The Morgan fingerprint density at radius 1 is 1.38 bits per heavy atom. The van der Waals surface area contributed by atoms with E-state index in [2.05, 4.69) is 10.00 Å². The molecule has 1 aliphatic heterocycles. The average molecular weight is 331 g/mol. The van der Waals surface area contributed by atoms with Crippen molar-refractivity contribution >= 4 is 5.97 Å². The van der Waals surface area contributed by atoms with Gasteiger partial charge in [0.05, 0.1) is 12.1 Å². The minimum atomic E-state index is -0.791. The van der Waals surface area contributed by atoms with Crippen molar-refractivity contribution in [2.45, 2.75) is 26.3 Å². The maximum Gasteiger partial charge on any atom is 0.308 e. The van der Waals surface area contributed by atoms with Gasteiger partial charge in [0.2, 0.25) is 0 Å². The maximum atomic E-state index is 13.7. The SMILES string of the molecule is Cc1ccc(CN2C[C@H](C(=O)O)[C@@H](c3cnn(C)c3C)C2)cc1F. The molecule has 0 amide bonds. The highest BCUT2D eigenvalue weighted by atomic mass is 19.1. The van der Waals surface area contributed by atoms with Crippen LogP contribution in [0.25, 0.3) is 0 Å². The van der Waals surface area contributed by atoms with E-state index in [9.17, 15) is 14.3 Å².